The molecule has 0 saturated heterocycles. The fourth-order valence-corrected chi connectivity index (χ4v) is 1.87. The first-order valence-corrected chi connectivity index (χ1v) is 5.22. The van der Waals surface area contributed by atoms with Gasteiger partial charge >= 0.3 is 0 Å². The van der Waals surface area contributed by atoms with E-state index in [1.165, 1.54) is 12.0 Å². The molecule has 0 atom stereocenters. The van der Waals surface area contributed by atoms with Crippen LogP contribution in [0.3, 0.4) is 0 Å². The van der Waals surface area contributed by atoms with E-state index >= 15 is 0 Å². The smallest absolute Gasteiger partial charge is 0.0771 e. The molecular formula is C11H18N2O. The lowest BCUT2D eigenvalue weighted by atomic mass is 9.80. The van der Waals surface area contributed by atoms with Crippen LogP contribution < -0.4 is 5.32 Å². The van der Waals surface area contributed by atoms with Crippen molar-refractivity contribution < 1.29 is 5.11 Å². The van der Waals surface area contributed by atoms with Gasteiger partial charge in [-0.25, -0.2) is 0 Å². The fraction of sp³-hybridized carbons (Fsp3) is 0.636. The number of rotatable bonds is 4. The van der Waals surface area contributed by atoms with Gasteiger partial charge in [0, 0.05) is 32.5 Å². The van der Waals surface area contributed by atoms with Crippen LogP contribution in [0.5, 0.6) is 0 Å². The second-order valence-corrected chi connectivity index (χ2v) is 4.37. The van der Waals surface area contributed by atoms with Crippen LogP contribution in [0.25, 0.3) is 0 Å². The minimum Gasteiger partial charge on any atom is -0.389 e. The summed E-state index contributed by atoms with van der Waals surface area (Å²) in [5.74, 6) is 0. The summed E-state index contributed by atoms with van der Waals surface area (Å²) in [4.78, 5) is 0. The molecule has 0 aliphatic heterocycles. The van der Waals surface area contributed by atoms with Crippen molar-refractivity contribution in [2.75, 3.05) is 6.54 Å². The lowest BCUT2D eigenvalue weighted by Crippen LogP contribution is -2.45. The number of aromatic nitrogens is 1. The van der Waals surface area contributed by atoms with E-state index in [0.29, 0.717) is 0 Å². The zero-order chi connectivity index (χ0) is 10.0. The van der Waals surface area contributed by atoms with Crippen molar-refractivity contribution in [2.45, 2.75) is 31.4 Å². The van der Waals surface area contributed by atoms with Gasteiger partial charge in [0.05, 0.1) is 5.60 Å². The van der Waals surface area contributed by atoms with Crippen molar-refractivity contribution in [3.63, 3.8) is 0 Å². The predicted octanol–water partition coefficient (Wildman–Crippen LogP) is 1.03. The van der Waals surface area contributed by atoms with Crippen LogP contribution in [-0.4, -0.2) is 21.8 Å². The number of hydrogen-bond donors (Lipinski definition) is 2. The number of hydrogen-bond acceptors (Lipinski definition) is 2. The number of nitrogens with one attached hydrogen (secondary N) is 1. The Hall–Kier alpha value is -0.800. The number of nitrogens with zero attached hydrogens (tertiary/aromatic N) is 1. The summed E-state index contributed by atoms with van der Waals surface area (Å²) < 4.78 is 2.04. The summed E-state index contributed by atoms with van der Waals surface area (Å²) in [6.07, 6.45) is 7.21. The second-order valence-electron chi connectivity index (χ2n) is 4.37. The fourth-order valence-electron chi connectivity index (χ4n) is 1.87. The normalized spacial score (nSPS) is 19.3. The van der Waals surface area contributed by atoms with Gasteiger partial charge in [-0.1, -0.05) is 0 Å². The van der Waals surface area contributed by atoms with E-state index in [-0.39, 0.29) is 0 Å². The van der Waals surface area contributed by atoms with Crippen molar-refractivity contribution in [3.8, 4) is 0 Å². The Morgan fingerprint density at radius 2 is 2.36 bits per heavy atom. The Balaban J connectivity index is 1.72. The van der Waals surface area contributed by atoms with Crippen LogP contribution in [0, 0.1) is 0 Å². The average Bonchev–Trinajstić information content (AvgIpc) is 2.49. The Kier molecular flexibility index (Phi) is 2.61. The molecule has 1 heterocycles. The number of aryl methyl sites for hydroxylation is 1. The molecule has 0 unspecified atom stereocenters. The maximum absolute atomic E-state index is 9.83. The molecule has 1 aromatic heterocycles. The van der Waals surface area contributed by atoms with E-state index in [4.69, 9.17) is 0 Å². The third-order valence-electron chi connectivity index (χ3n) is 2.96. The maximum atomic E-state index is 9.83. The molecular weight excluding hydrogens is 176 g/mol. The van der Waals surface area contributed by atoms with Gasteiger partial charge in [0.25, 0.3) is 0 Å². The van der Waals surface area contributed by atoms with E-state index in [9.17, 15) is 5.11 Å². The SMILES string of the molecule is Cn1ccc(CNCC2(O)CCC2)c1. The van der Waals surface area contributed by atoms with E-state index in [0.717, 1.165) is 25.9 Å². The first kappa shape index (κ1) is 9.74. The molecule has 1 aromatic rings. The standard InChI is InChI=1S/C11H18N2O/c1-13-6-3-10(8-13)7-12-9-11(14)4-2-5-11/h3,6,8,12,14H,2,4-5,7,9H2,1H3. The quantitative estimate of drug-likeness (QED) is 0.751. The highest BCUT2D eigenvalue weighted by Gasteiger charge is 2.33. The molecule has 0 bridgehead atoms. The molecule has 0 amide bonds. The van der Waals surface area contributed by atoms with E-state index in [1.807, 2.05) is 17.8 Å². The Morgan fingerprint density at radius 1 is 1.57 bits per heavy atom. The molecule has 1 aliphatic rings. The van der Waals surface area contributed by atoms with Gasteiger partial charge in [0.15, 0.2) is 0 Å². The zero-order valence-electron chi connectivity index (χ0n) is 8.66. The highest BCUT2D eigenvalue weighted by molar-refractivity contribution is 5.09. The van der Waals surface area contributed by atoms with Crippen LogP contribution in [0.2, 0.25) is 0 Å². The first-order chi connectivity index (χ1) is 6.68. The van der Waals surface area contributed by atoms with Gasteiger partial charge in [0.2, 0.25) is 0 Å². The molecule has 3 heteroatoms. The highest BCUT2D eigenvalue weighted by atomic mass is 16.3. The van der Waals surface area contributed by atoms with Crippen molar-refractivity contribution in [3.05, 3.63) is 24.0 Å². The first-order valence-electron chi connectivity index (χ1n) is 5.22. The molecule has 14 heavy (non-hydrogen) atoms. The summed E-state index contributed by atoms with van der Waals surface area (Å²) in [5.41, 5.74) is 0.866. The zero-order valence-corrected chi connectivity index (χ0v) is 8.66. The molecule has 0 aromatic carbocycles. The summed E-state index contributed by atoms with van der Waals surface area (Å²) in [6.45, 7) is 1.57. The summed E-state index contributed by atoms with van der Waals surface area (Å²) in [5, 5.41) is 13.1. The summed E-state index contributed by atoms with van der Waals surface area (Å²) >= 11 is 0. The maximum Gasteiger partial charge on any atom is 0.0771 e. The van der Waals surface area contributed by atoms with Crippen molar-refractivity contribution in [1.82, 2.24) is 9.88 Å². The van der Waals surface area contributed by atoms with Crippen molar-refractivity contribution >= 4 is 0 Å². The molecule has 78 valence electrons. The largest absolute Gasteiger partial charge is 0.389 e. The van der Waals surface area contributed by atoms with Crippen LogP contribution in [0.15, 0.2) is 18.5 Å². The van der Waals surface area contributed by atoms with Gasteiger partial charge in [-0.15, -0.1) is 0 Å². The summed E-state index contributed by atoms with van der Waals surface area (Å²) in [7, 11) is 2.02. The second kappa shape index (κ2) is 3.75. The van der Waals surface area contributed by atoms with Crippen LogP contribution in [0.1, 0.15) is 24.8 Å². The minimum atomic E-state index is -0.408. The molecule has 2 N–H and O–H groups in total. The summed E-state index contributed by atoms with van der Waals surface area (Å²) in [6, 6.07) is 2.10. The van der Waals surface area contributed by atoms with Crippen LogP contribution >= 0.6 is 0 Å². The molecule has 0 spiro atoms. The van der Waals surface area contributed by atoms with E-state index < -0.39 is 5.60 Å². The van der Waals surface area contributed by atoms with E-state index in [2.05, 4.69) is 17.6 Å². The molecule has 1 fully saturated rings. The lowest BCUT2D eigenvalue weighted by Gasteiger charge is -2.36. The van der Waals surface area contributed by atoms with Gasteiger partial charge in [-0.2, -0.15) is 0 Å². The average molecular weight is 194 g/mol. The van der Waals surface area contributed by atoms with Crippen LogP contribution in [-0.2, 0) is 13.6 Å². The predicted molar refractivity (Wildman–Crippen MR) is 55.9 cm³/mol. The molecule has 0 radical (unpaired) electrons. The third kappa shape index (κ3) is 2.16. The monoisotopic (exact) mass is 194 g/mol. The molecule has 1 saturated carbocycles. The molecule has 1 aliphatic carbocycles. The Labute approximate surface area is 84.7 Å². The lowest BCUT2D eigenvalue weighted by molar-refractivity contribution is -0.0314. The van der Waals surface area contributed by atoms with Crippen molar-refractivity contribution in [2.24, 2.45) is 7.05 Å². The Bertz CT molecular complexity index is 302. The highest BCUT2D eigenvalue weighted by Crippen LogP contribution is 2.30. The third-order valence-corrected chi connectivity index (χ3v) is 2.96. The van der Waals surface area contributed by atoms with Crippen molar-refractivity contribution in [1.29, 1.82) is 0 Å². The minimum absolute atomic E-state index is 0.408. The van der Waals surface area contributed by atoms with E-state index in [1.54, 1.807) is 0 Å². The van der Waals surface area contributed by atoms with Gasteiger partial charge in [0.1, 0.15) is 0 Å². The topological polar surface area (TPSA) is 37.2 Å². The van der Waals surface area contributed by atoms with Gasteiger partial charge < -0.3 is 15.0 Å². The molecule has 2 rings (SSSR count). The van der Waals surface area contributed by atoms with Gasteiger partial charge in [-0.3, -0.25) is 0 Å². The number of aliphatic hydroxyl groups is 1. The van der Waals surface area contributed by atoms with Crippen LogP contribution in [0.4, 0.5) is 0 Å². The van der Waals surface area contributed by atoms with Gasteiger partial charge in [-0.05, 0) is 30.9 Å². The molecule has 3 nitrogen and oxygen atoms in total. The Morgan fingerprint density at radius 3 is 2.86 bits per heavy atom.